The van der Waals surface area contributed by atoms with Crippen LogP contribution in [0, 0.1) is 5.82 Å². The highest BCUT2D eigenvalue weighted by atomic mass is 32.2. The van der Waals surface area contributed by atoms with Gasteiger partial charge in [0.1, 0.15) is 12.1 Å². The number of aromatic amines is 1. The van der Waals surface area contributed by atoms with Gasteiger partial charge in [0.25, 0.3) is 0 Å². The van der Waals surface area contributed by atoms with Gasteiger partial charge in [-0.15, -0.1) is 0 Å². The first kappa shape index (κ1) is 11.7. The van der Waals surface area contributed by atoms with Crippen LogP contribution in [0.15, 0.2) is 34.6 Å². The van der Waals surface area contributed by atoms with Crippen molar-refractivity contribution in [3.8, 4) is 0 Å². The van der Waals surface area contributed by atoms with Gasteiger partial charge in [-0.1, -0.05) is 6.07 Å². The van der Waals surface area contributed by atoms with Gasteiger partial charge in [0.2, 0.25) is 0 Å². The van der Waals surface area contributed by atoms with Crippen molar-refractivity contribution in [3.63, 3.8) is 0 Å². The summed E-state index contributed by atoms with van der Waals surface area (Å²) in [6.07, 6.45) is 3.89. The lowest BCUT2D eigenvalue weighted by Gasteiger charge is -2.05. The molecule has 0 saturated heterocycles. The fourth-order valence-electron chi connectivity index (χ4n) is 1.63. The van der Waals surface area contributed by atoms with E-state index >= 15 is 0 Å². The number of hydrogen-bond acceptors (Lipinski definition) is 4. The summed E-state index contributed by atoms with van der Waals surface area (Å²) in [4.78, 5) is 4.52. The Morgan fingerprint density at radius 2 is 2.33 bits per heavy atom. The molecule has 1 aliphatic carbocycles. The fraction of sp³-hybridized carbons (Fsp3) is 0.333. The van der Waals surface area contributed by atoms with Crippen molar-refractivity contribution in [1.82, 2.24) is 20.5 Å². The molecule has 0 radical (unpaired) electrons. The van der Waals surface area contributed by atoms with Gasteiger partial charge in [-0.2, -0.15) is 5.10 Å². The molecule has 2 N–H and O–H groups in total. The molecule has 2 aromatic rings. The second kappa shape index (κ2) is 5.07. The van der Waals surface area contributed by atoms with E-state index in [9.17, 15) is 4.39 Å². The van der Waals surface area contributed by atoms with Crippen molar-refractivity contribution in [1.29, 1.82) is 0 Å². The molecule has 1 aromatic heterocycles. The van der Waals surface area contributed by atoms with Crippen LogP contribution in [0.2, 0.25) is 0 Å². The SMILES string of the molecule is Fc1cc(CNC2CC2)ccc1Sc1ncn[nH]1. The van der Waals surface area contributed by atoms with E-state index in [1.54, 1.807) is 12.1 Å². The minimum atomic E-state index is -0.216. The predicted octanol–water partition coefficient (Wildman–Crippen LogP) is 2.35. The number of benzene rings is 1. The Kier molecular flexibility index (Phi) is 3.29. The molecule has 18 heavy (non-hydrogen) atoms. The van der Waals surface area contributed by atoms with Gasteiger partial charge in [-0.05, 0) is 42.3 Å². The van der Waals surface area contributed by atoms with Gasteiger partial charge in [-0.3, -0.25) is 5.10 Å². The van der Waals surface area contributed by atoms with Crippen molar-refractivity contribution < 1.29 is 4.39 Å². The maximum atomic E-state index is 13.9. The Morgan fingerprint density at radius 1 is 1.44 bits per heavy atom. The zero-order valence-electron chi connectivity index (χ0n) is 9.69. The van der Waals surface area contributed by atoms with E-state index in [2.05, 4.69) is 20.5 Å². The zero-order valence-corrected chi connectivity index (χ0v) is 10.5. The van der Waals surface area contributed by atoms with Crippen LogP contribution in [0.25, 0.3) is 0 Å². The fourth-order valence-corrected chi connectivity index (χ4v) is 2.33. The van der Waals surface area contributed by atoms with Crippen molar-refractivity contribution in [2.24, 2.45) is 0 Å². The summed E-state index contributed by atoms with van der Waals surface area (Å²) in [6, 6.07) is 5.94. The van der Waals surface area contributed by atoms with E-state index in [0.29, 0.717) is 16.1 Å². The van der Waals surface area contributed by atoms with Crippen LogP contribution in [0.1, 0.15) is 18.4 Å². The minimum absolute atomic E-state index is 0.216. The lowest BCUT2D eigenvalue weighted by molar-refractivity contribution is 0.595. The topological polar surface area (TPSA) is 53.6 Å². The number of nitrogens with zero attached hydrogens (tertiary/aromatic N) is 2. The second-order valence-electron chi connectivity index (χ2n) is 4.31. The van der Waals surface area contributed by atoms with Gasteiger partial charge in [0.15, 0.2) is 5.16 Å². The molecular formula is C12H13FN4S. The Morgan fingerprint density at radius 3 is 3.00 bits per heavy atom. The number of rotatable bonds is 5. The smallest absolute Gasteiger partial charge is 0.188 e. The zero-order chi connectivity index (χ0) is 12.4. The van der Waals surface area contributed by atoms with Crippen LogP contribution in [0.5, 0.6) is 0 Å². The Hall–Kier alpha value is -1.40. The van der Waals surface area contributed by atoms with E-state index < -0.39 is 0 Å². The summed E-state index contributed by atoms with van der Waals surface area (Å²) in [7, 11) is 0. The molecule has 0 spiro atoms. The quantitative estimate of drug-likeness (QED) is 0.870. The van der Waals surface area contributed by atoms with Crippen LogP contribution < -0.4 is 5.32 Å². The van der Waals surface area contributed by atoms with Crippen LogP contribution in [0.4, 0.5) is 4.39 Å². The largest absolute Gasteiger partial charge is 0.310 e. The Balaban J connectivity index is 1.67. The first-order valence-corrected chi connectivity index (χ1v) is 6.68. The Labute approximate surface area is 108 Å². The van der Waals surface area contributed by atoms with Crippen molar-refractivity contribution in [2.45, 2.75) is 35.5 Å². The van der Waals surface area contributed by atoms with E-state index in [4.69, 9.17) is 0 Å². The number of halogens is 1. The first-order chi connectivity index (χ1) is 8.81. The summed E-state index contributed by atoms with van der Waals surface area (Å²) in [5, 5.41) is 10.4. The third kappa shape index (κ3) is 2.88. The lowest BCUT2D eigenvalue weighted by Crippen LogP contribution is -2.15. The van der Waals surface area contributed by atoms with Crippen LogP contribution >= 0.6 is 11.8 Å². The van der Waals surface area contributed by atoms with E-state index in [0.717, 1.165) is 12.1 Å². The van der Waals surface area contributed by atoms with Crippen molar-refractivity contribution in [2.75, 3.05) is 0 Å². The molecule has 0 atom stereocenters. The molecule has 0 aliphatic heterocycles. The monoisotopic (exact) mass is 264 g/mol. The second-order valence-corrected chi connectivity index (χ2v) is 5.34. The van der Waals surface area contributed by atoms with Crippen LogP contribution in [-0.2, 0) is 6.54 Å². The molecule has 94 valence electrons. The van der Waals surface area contributed by atoms with Gasteiger partial charge in [0, 0.05) is 12.6 Å². The standard InChI is InChI=1S/C12H13FN4S/c13-10-5-8(6-14-9-2-3-9)1-4-11(10)18-12-15-7-16-17-12/h1,4-5,7,9,14H,2-3,6H2,(H,15,16,17). The van der Waals surface area contributed by atoms with Crippen molar-refractivity contribution in [3.05, 3.63) is 35.9 Å². The van der Waals surface area contributed by atoms with Gasteiger partial charge >= 0.3 is 0 Å². The summed E-state index contributed by atoms with van der Waals surface area (Å²) in [6.45, 7) is 0.731. The maximum absolute atomic E-state index is 13.9. The molecule has 1 heterocycles. The molecular weight excluding hydrogens is 251 g/mol. The van der Waals surface area contributed by atoms with Crippen LogP contribution in [-0.4, -0.2) is 21.2 Å². The summed E-state index contributed by atoms with van der Waals surface area (Å²) >= 11 is 1.24. The first-order valence-electron chi connectivity index (χ1n) is 5.86. The minimum Gasteiger partial charge on any atom is -0.310 e. The summed E-state index contributed by atoms with van der Waals surface area (Å²) in [5.74, 6) is -0.216. The van der Waals surface area contributed by atoms with E-state index in [1.807, 2.05) is 6.07 Å². The molecule has 0 bridgehead atoms. The average molecular weight is 264 g/mol. The summed E-state index contributed by atoms with van der Waals surface area (Å²) < 4.78 is 13.9. The molecule has 1 fully saturated rings. The average Bonchev–Trinajstić information content (AvgIpc) is 3.06. The molecule has 0 amide bonds. The van der Waals surface area contributed by atoms with Crippen molar-refractivity contribution >= 4 is 11.8 Å². The molecule has 1 aromatic carbocycles. The third-order valence-electron chi connectivity index (χ3n) is 2.77. The van der Waals surface area contributed by atoms with E-state index in [1.165, 1.54) is 30.9 Å². The van der Waals surface area contributed by atoms with Gasteiger partial charge in [0.05, 0.1) is 4.90 Å². The molecule has 6 heteroatoms. The number of nitrogens with one attached hydrogen (secondary N) is 2. The van der Waals surface area contributed by atoms with E-state index in [-0.39, 0.29) is 5.82 Å². The predicted molar refractivity (Wildman–Crippen MR) is 66.8 cm³/mol. The molecule has 1 saturated carbocycles. The highest BCUT2D eigenvalue weighted by Crippen LogP contribution is 2.27. The maximum Gasteiger partial charge on any atom is 0.188 e. The molecule has 3 rings (SSSR count). The number of H-pyrrole nitrogens is 1. The normalized spacial score (nSPS) is 14.9. The third-order valence-corrected chi connectivity index (χ3v) is 3.71. The Bertz CT molecular complexity index is 525. The van der Waals surface area contributed by atoms with Gasteiger partial charge < -0.3 is 5.32 Å². The highest BCUT2D eigenvalue weighted by Gasteiger charge is 2.20. The molecule has 0 unspecified atom stereocenters. The lowest BCUT2D eigenvalue weighted by atomic mass is 10.2. The van der Waals surface area contributed by atoms with Gasteiger partial charge in [-0.25, -0.2) is 9.37 Å². The number of aromatic nitrogens is 3. The molecule has 1 aliphatic rings. The number of hydrogen-bond donors (Lipinski definition) is 2. The van der Waals surface area contributed by atoms with Crippen LogP contribution in [0.3, 0.4) is 0 Å². The summed E-state index contributed by atoms with van der Waals surface area (Å²) in [5.41, 5.74) is 0.973. The molecule has 4 nitrogen and oxygen atoms in total. The highest BCUT2D eigenvalue weighted by molar-refractivity contribution is 7.99.